The second-order valence-electron chi connectivity index (χ2n) is 7.05. The van der Waals surface area contributed by atoms with Gasteiger partial charge in [0.05, 0.1) is 13.2 Å². The van der Waals surface area contributed by atoms with E-state index >= 15 is 0 Å². The summed E-state index contributed by atoms with van der Waals surface area (Å²) < 4.78 is 0. The van der Waals surface area contributed by atoms with Crippen LogP contribution in [-0.2, 0) is 16.1 Å². The van der Waals surface area contributed by atoms with Gasteiger partial charge in [0.1, 0.15) is 5.82 Å². The number of aliphatic hydroxyl groups is 1. The lowest BCUT2D eigenvalue weighted by molar-refractivity contribution is -0.148. The third-order valence-corrected chi connectivity index (χ3v) is 5.40. The lowest BCUT2D eigenvalue weighted by Gasteiger charge is -2.35. The number of aromatic nitrogens is 2. The highest BCUT2D eigenvalue weighted by atomic mass is 16.3. The van der Waals surface area contributed by atoms with Gasteiger partial charge in [-0.2, -0.15) is 0 Å². The number of nitrogens with zero attached hydrogens (tertiary/aromatic N) is 3. The van der Waals surface area contributed by atoms with Crippen molar-refractivity contribution in [2.45, 2.75) is 45.1 Å². The lowest BCUT2D eigenvalue weighted by atomic mass is 9.77. The van der Waals surface area contributed by atoms with Crippen LogP contribution in [0.2, 0.25) is 0 Å². The zero-order valence-corrected chi connectivity index (χ0v) is 14.7. The lowest BCUT2D eigenvalue weighted by Crippen LogP contribution is -2.46. The summed E-state index contributed by atoms with van der Waals surface area (Å²) in [7, 11) is 0. The topological polar surface area (TPSA) is 89.5 Å². The van der Waals surface area contributed by atoms with Crippen LogP contribution in [0.5, 0.6) is 0 Å². The highest BCUT2D eigenvalue weighted by Crippen LogP contribution is 2.34. The van der Waals surface area contributed by atoms with E-state index in [1.54, 1.807) is 17.3 Å². The molecule has 2 atom stereocenters. The second kappa shape index (κ2) is 8.47. The maximum atomic E-state index is 13.1. The number of imidazole rings is 1. The molecule has 0 aromatic carbocycles. The van der Waals surface area contributed by atoms with Gasteiger partial charge in [-0.25, -0.2) is 4.98 Å². The van der Waals surface area contributed by atoms with E-state index in [-0.39, 0.29) is 36.8 Å². The smallest absolute Gasteiger partial charge is 0.226 e. The molecule has 7 heteroatoms. The van der Waals surface area contributed by atoms with Gasteiger partial charge in [-0.1, -0.05) is 12.8 Å². The van der Waals surface area contributed by atoms with Crippen LogP contribution in [0, 0.1) is 11.8 Å². The van der Waals surface area contributed by atoms with E-state index in [0.717, 1.165) is 51.6 Å². The molecule has 0 bridgehead atoms. The van der Waals surface area contributed by atoms with Crippen LogP contribution in [0.1, 0.15) is 44.3 Å². The Bertz CT molecular complexity index is 569. The summed E-state index contributed by atoms with van der Waals surface area (Å²) in [4.78, 5) is 36.8. The molecule has 2 N–H and O–H groups in total. The zero-order chi connectivity index (χ0) is 17.6. The largest absolute Gasteiger partial charge is 0.395 e. The van der Waals surface area contributed by atoms with Crippen molar-refractivity contribution in [2.75, 3.05) is 26.2 Å². The molecule has 1 aromatic rings. The van der Waals surface area contributed by atoms with E-state index in [9.17, 15) is 14.7 Å². The maximum Gasteiger partial charge on any atom is 0.226 e. The maximum absolute atomic E-state index is 13.1. The standard InChI is InChI=1S/C18H28N4O3/c23-12-11-22(13-16-19-7-8-20-16)18(25)15-6-2-1-5-14(15)17(24)21-9-3-4-10-21/h7-8,14-15,23H,1-6,9-13H2,(H,19,20)/t14-,15+/m1/s1. The third-order valence-electron chi connectivity index (χ3n) is 5.40. The Morgan fingerprint density at radius 2 is 1.92 bits per heavy atom. The van der Waals surface area contributed by atoms with Gasteiger partial charge in [-0.15, -0.1) is 0 Å². The van der Waals surface area contributed by atoms with Crippen molar-refractivity contribution in [3.63, 3.8) is 0 Å². The van der Waals surface area contributed by atoms with Crippen molar-refractivity contribution in [1.29, 1.82) is 0 Å². The highest BCUT2D eigenvalue weighted by Gasteiger charge is 2.40. The summed E-state index contributed by atoms with van der Waals surface area (Å²) in [5, 5.41) is 9.36. The normalized spacial score (nSPS) is 23.6. The number of carbonyl (C=O) groups is 2. The van der Waals surface area contributed by atoms with Crippen molar-refractivity contribution in [3.8, 4) is 0 Å². The third kappa shape index (κ3) is 4.21. The monoisotopic (exact) mass is 348 g/mol. The molecule has 0 spiro atoms. The van der Waals surface area contributed by atoms with Crippen LogP contribution in [0.25, 0.3) is 0 Å². The minimum Gasteiger partial charge on any atom is -0.395 e. The minimum atomic E-state index is -0.275. The van der Waals surface area contributed by atoms with Crippen LogP contribution in [0.15, 0.2) is 12.4 Å². The average Bonchev–Trinajstić information content (AvgIpc) is 3.34. The number of hydrogen-bond donors (Lipinski definition) is 2. The SMILES string of the molecule is O=C([C@H]1CCCC[C@H]1C(=O)N1CCCC1)N(CCO)Cc1ncc[nH]1. The Morgan fingerprint density at radius 3 is 2.56 bits per heavy atom. The molecule has 3 rings (SSSR count). The van der Waals surface area contributed by atoms with E-state index in [0.29, 0.717) is 12.4 Å². The number of aromatic amines is 1. The van der Waals surface area contributed by atoms with Gasteiger partial charge in [0.15, 0.2) is 0 Å². The number of aliphatic hydroxyl groups excluding tert-OH is 1. The van der Waals surface area contributed by atoms with E-state index in [1.807, 2.05) is 4.90 Å². The summed E-state index contributed by atoms with van der Waals surface area (Å²) in [6.07, 6.45) is 9.02. The number of rotatable bonds is 6. The molecule has 0 unspecified atom stereocenters. The number of hydrogen-bond acceptors (Lipinski definition) is 4. The first-order valence-corrected chi connectivity index (χ1v) is 9.37. The predicted molar refractivity (Wildman–Crippen MR) is 92.4 cm³/mol. The Morgan fingerprint density at radius 1 is 1.20 bits per heavy atom. The Kier molecular flexibility index (Phi) is 6.07. The number of nitrogens with one attached hydrogen (secondary N) is 1. The van der Waals surface area contributed by atoms with Crippen LogP contribution < -0.4 is 0 Å². The van der Waals surface area contributed by atoms with Gasteiger partial charge in [0, 0.05) is 43.9 Å². The first-order valence-electron chi connectivity index (χ1n) is 9.37. The Balaban J connectivity index is 1.72. The quantitative estimate of drug-likeness (QED) is 0.807. The molecule has 1 aromatic heterocycles. The molecule has 2 heterocycles. The molecule has 2 fully saturated rings. The first kappa shape index (κ1) is 17.9. The number of carbonyl (C=O) groups excluding carboxylic acids is 2. The Hall–Kier alpha value is -1.89. The van der Waals surface area contributed by atoms with E-state index in [2.05, 4.69) is 9.97 Å². The number of H-pyrrole nitrogens is 1. The molecule has 1 saturated heterocycles. The molecule has 7 nitrogen and oxygen atoms in total. The highest BCUT2D eigenvalue weighted by molar-refractivity contribution is 5.88. The van der Waals surface area contributed by atoms with E-state index in [1.165, 1.54) is 0 Å². The van der Waals surface area contributed by atoms with E-state index in [4.69, 9.17) is 0 Å². The van der Waals surface area contributed by atoms with Crippen molar-refractivity contribution in [1.82, 2.24) is 19.8 Å². The van der Waals surface area contributed by atoms with Crippen molar-refractivity contribution >= 4 is 11.8 Å². The fourth-order valence-corrected chi connectivity index (χ4v) is 4.08. The molecule has 2 aliphatic rings. The van der Waals surface area contributed by atoms with Crippen LogP contribution in [0.4, 0.5) is 0 Å². The molecular weight excluding hydrogens is 320 g/mol. The predicted octanol–water partition coefficient (Wildman–Crippen LogP) is 1.16. The Labute approximate surface area is 148 Å². The van der Waals surface area contributed by atoms with Crippen molar-refractivity contribution in [2.24, 2.45) is 11.8 Å². The van der Waals surface area contributed by atoms with Crippen LogP contribution in [-0.4, -0.2) is 62.9 Å². The summed E-state index contributed by atoms with van der Waals surface area (Å²) in [6, 6.07) is 0. The van der Waals surface area contributed by atoms with Crippen LogP contribution in [0.3, 0.4) is 0 Å². The first-order chi connectivity index (χ1) is 12.2. The van der Waals surface area contributed by atoms with Crippen molar-refractivity contribution in [3.05, 3.63) is 18.2 Å². The molecular formula is C18H28N4O3. The molecule has 25 heavy (non-hydrogen) atoms. The minimum absolute atomic E-state index is 0.0253. The van der Waals surface area contributed by atoms with Crippen LogP contribution >= 0.6 is 0 Å². The summed E-state index contributed by atoms with van der Waals surface area (Å²) in [5.41, 5.74) is 0. The molecule has 1 saturated carbocycles. The van der Waals surface area contributed by atoms with Gasteiger partial charge < -0.3 is 19.9 Å². The summed E-state index contributed by atoms with van der Waals surface area (Å²) in [5.74, 6) is 0.334. The molecule has 0 radical (unpaired) electrons. The second-order valence-corrected chi connectivity index (χ2v) is 7.05. The fraction of sp³-hybridized carbons (Fsp3) is 0.722. The summed E-state index contributed by atoms with van der Waals surface area (Å²) >= 11 is 0. The van der Waals surface area contributed by atoms with E-state index < -0.39 is 0 Å². The average molecular weight is 348 g/mol. The van der Waals surface area contributed by atoms with Crippen molar-refractivity contribution < 1.29 is 14.7 Å². The summed E-state index contributed by atoms with van der Waals surface area (Å²) in [6.45, 7) is 2.16. The van der Waals surface area contributed by atoms with Gasteiger partial charge in [-0.05, 0) is 25.7 Å². The zero-order valence-electron chi connectivity index (χ0n) is 14.7. The molecule has 1 aliphatic carbocycles. The number of amides is 2. The molecule has 1 aliphatic heterocycles. The van der Waals surface area contributed by atoms with Gasteiger partial charge >= 0.3 is 0 Å². The van der Waals surface area contributed by atoms with Gasteiger partial charge in [-0.3, -0.25) is 9.59 Å². The van der Waals surface area contributed by atoms with Gasteiger partial charge in [0.2, 0.25) is 11.8 Å². The molecule has 2 amide bonds. The molecule has 138 valence electrons. The fourth-order valence-electron chi connectivity index (χ4n) is 4.08. The number of likely N-dealkylation sites (tertiary alicyclic amines) is 1. The van der Waals surface area contributed by atoms with Gasteiger partial charge in [0.25, 0.3) is 0 Å².